The number of anilines is 1. The summed E-state index contributed by atoms with van der Waals surface area (Å²) in [6.07, 6.45) is 3.45. The molecule has 7 nitrogen and oxygen atoms in total. The van der Waals surface area contributed by atoms with E-state index in [0.717, 1.165) is 13.1 Å². The van der Waals surface area contributed by atoms with Crippen LogP contribution in [0, 0.1) is 0 Å². The molecular weight excluding hydrogens is 308 g/mol. The lowest BCUT2D eigenvalue weighted by molar-refractivity contribution is 0.102. The normalized spacial score (nSPS) is 10.7. The summed E-state index contributed by atoms with van der Waals surface area (Å²) in [5.74, 6) is 0.933. The number of likely N-dealkylation sites (N-methyl/N-ethyl adjacent to an activating group) is 1. The molecule has 24 heavy (non-hydrogen) atoms. The van der Waals surface area contributed by atoms with Gasteiger partial charge in [-0.25, -0.2) is 0 Å². The number of methoxy groups -OCH3 is 1. The molecule has 0 bridgehead atoms. The van der Waals surface area contributed by atoms with Gasteiger partial charge < -0.3 is 19.7 Å². The molecule has 1 aromatic heterocycles. The molecule has 0 aliphatic carbocycles. The Morgan fingerprint density at radius 3 is 2.79 bits per heavy atom. The molecule has 1 amide bonds. The van der Waals surface area contributed by atoms with Crippen LogP contribution in [-0.2, 0) is 6.54 Å². The Labute approximate surface area is 142 Å². The molecule has 0 aliphatic heterocycles. The molecule has 0 radical (unpaired) electrons. The Balaban J connectivity index is 2.04. The topological polar surface area (TPSA) is 68.6 Å². The van der Waals surface area contributed by atoms with Gasteiger partial charge in [0.1, 0.15) is 0 Å². The van der Waals surface area contributed by atoms with Gasteiger partial charge >= 0.3 is 0 Å². The fourth-order valence-corrected chi connectivity index (χ4v) is 2.14. The second kappa shape index (κ2) is 8.35. The Morgan fingerprint density at radius 1 is 1.33 bits per heavy atom. The highest BCUT2D eigenvalue weighted by molar-refractivity contribution is 6.04. The molecule has 7 heteroatoms. The number of aromatic nitrogens is 2. The number of nitrogens with zero attached hydrogens (tertiary/aromatic N) is 3. The number of ether oxygens (including phenoxy) is 2. The monoisotopic (exact) mass is 332 g/mol. The van der Waals surface area contributed by atoms with Crippen LogP contribution >= 0.6 is 0 Å². The largest absolute Gasteiger partial charge is 0.493 e. The predicted octanol–water partition coefficient (Wildman–Crippen LogP) is 2.10. The highest BCUT2D eigenvalue weighted by atomic mass is 16.5. The van der Waals surface area contributed by atoms with Gasteiger partial charge in [0, 0.05) is 18.3 Å². The summed E-state index contributed by atoms with van der Waals surface area (Å²) in [5.41, 5.74) is 1.16. The van der Waals surface area contributed by atoms with Crippen molar-refractivity contribution in [3.05, 3.63) is 36.2 Å². The minimum Gasteiger partial charge on any atom is -0.493 e. The number of carbonyl (C=O) groups excluding carboxylic acids is 1. The van der Waals surface area contributed by atoms with Crippen molar-refractivity contribution in [1.29, 1.82) is 0 Å². The second-order valence-corrected chi connectivity index (χ2v) is 5.55. The summed E-state index contributed by atoms with van der Waals surface area (Å²) in [6, 6.07) is 5.11. The van der Waals surface area contributed by atoms with Crippen molar-refractivity contribution in [3.8, 4) is 11.5 Å². The van der Waals surface area contributed by atoms with Crippen molar-refractivity contribution < 1.29 is 14.3 Å². The standard InChI is InChI=1S/C17H24N4O3/c1-5-24-15-7-6-13(10-16(15)23-4)17(22)19-14-11-18-21(12-14)9-8-20(2)3/h6-7,10-12H,5,8-9H2,1-4H3,(H,19,22). The fraction of sp³-hybridized carbons (Fsp3) is 0.412. The van der Waals surface area contributed by atoms with E-state index in [4.69, 9.17) is 9.47 Å². The van der Waals surface area contributed by atoms with Crippen molar-refractivity contribution in [3.63, 3.8) is 0 Å². The van der Waals surface area contributed by atoms with Crippen LogP contribution in [0.15, 0.2) is 30.6 Å². The zero-order valence-electron chi connectivity index (χ0n) is 14.6. The minimum atomic E-state index is -0.219. The van der Waals surface area contributed by atoms with E-state index in [-0.39, 0.29) is 5.91 Å². The quantitative estimate of drug-likeness (QED) is 0.802. The molecule has 130 valence electrons. The zero-order valence-corrected chi connectivity index (χ0v) is 14.6. The summed E-state index contributed by atoms with van der Waals surface area (Å²) in [6.45, 7) is 4.08. The number of hydrogen-bond acceptors (Lipinski definition) is 5. The van der Waals surface area contributed by atoms with Crippen molar-refractivity contribution in [1.82, 2.24) is 14.7 Å². The number of benzene rings is 1. The molecule has 0 aliphatic rings. The molecule has 1 heterocycles. The maximum Gasteiger partial charge on any atom is 0.255 e. The van der Waals surface area contributed by atoms with Gasteiger partial charge in [-0.05, 0) is 39.2 Å². The van der Waals surface area contributed by atoms with Gasteiger partial charge in [-0.2, -0.15) is 5.10 Å². The van der Waals surface area contributed by atoms with E-state index in [2.05, 4.69) is 15.3 Å². The number of hydrogen-bond donors (Lipinski definition) is 1. The van der Waals surface area contributed by atoms with Crippen LogP contribution in [0.1, 0.15) is 17.3 Å². The number of nitrogens with one attached hydrogen (secondary N) is 1. The maximum absolute atomic E-state index is 12.4. The first kappa shape index (κ1) is 17.8. The van der Waals surface area contributed by atoms with Gasteiger partial charge in [-0.1, -0.05) is 0 Å². The first-order valence-corrected chi connectivity index (χ1v) is 7.83. The lowest BCUT2D eigenvalue weighted by Crippen LogP contribution is -2.18. The van der Waals surface area contributed by atoms with Crippen LogP contribution < -0.4 is 14.8 Å². The second-order valence-electron chi connectivity index (χ2n) is 5.55. The third kappa shape index (κ3) is 4.73. The van der Waals surface area contributed by atoms with Crippen molar-refractivity contribution in [2.24, 2.45) is 0 Å². The molecule has 2 aromatic rings. The average Bonchev–Trinajstić information content (AvgIpc) is 3.01. The summed E-state index contributed by atoms with van der Waals surface area (Å²) in [5, 5.41) is 7.07. The van der Waals surface area contributed by atoms with Crippen LogP contribution in [0.25, 0.3) is 0 Å². The molecule has 2 rings (SSSR count). The molecule has 0 fully saturated rings. The maximum atomic E-state index is 12.4. The van der Waals surface area contributed by atoms with Gasteiger partial charge in [-0.15, -0.1) is 0 Å². The van der Waals surface area contributed by atoms with Crippen molar-refractivity contribution >= 4 is 11.6 Å². The molecule has 1 aromatic carbocycles. The van der Waals surface area contributed by atoms with Gasteiger partial charge in [0.05, 0.1) is 32.1 Å². The lowest BCUT2D eigenvalue weighted by Gasteiger charge is -2.11. The third-order valence-electron chi connectivity index (χ3n) is 3.39. The first-order valence-electron chi connectivity index (χ1n) is 7.83. The van der Waals surface area contributed by atoms with Crippen molar-refractivity contribution in [2.75, 3.05) is 39.7 Å². The average molecular weight is 332 g/mol. The molecule has 0 atom stereocenters. The number of amides is 1. The third-order valence-corrected chi connectivity index (χ3v) is 3.39. The van der Waals surface area contributed by atoms with Gasteiger partial charge in [0.2, 0.25) is 0 Å². The minimum absolute atomic E-state index is 0.219. The molecule has 0 saturated heterocycles. The molecule has 0 spiro atoms. The van der Waals surface area contributed by atoms with Gasteiger partial charge in [0.25, 0.3) is 5.91 Å². The Bertz CT molecular complexity index is 682. The molecule has 0 unspecified atom stereocenters. The number of carbonyl (C=O) groups is 1. The summed E-state index contributed by atoms with van der Waals surface area (Å²) >= 11 is 0. The summed E-state index contributed by atoms with van der Waals surface area (Å²) in [4.78, 5) is 14.4. The number of rotatable bonds is 8. The van der Waals surface area contributed by atoms with Crippen LogP contribution in [0.2, 0.25) is 0 Å². The fourth-order valence-electron chi connectivity index (χ4n) is 2.14. The van der Waals surface area contributed by atoms with E-state index < -0.39 is 0 Å². The Hall–Kier alpha value is -2.54. The van der Waals surface area contributed by atoms with Crippen LogP contribution in [0.5, 0.6) is 11.5 Å². The lowest BCUT2D eigenvalue weighted by atomic mass is 10.2. The van der Waals surface area contributed by atoms with Gasteiger partial charge in [0.15, 0.2) is 11.5 Å². The van der Waals surface area contributed by atoms with E-state index in [1.54, 1.807) is 36.2 Å². The smallest absolute Gasteiger partial charge is 0.255 e. The van der Waals surface area contributed by atoms with E-state index in [0.29, 0.717) is 29.4 Å². The predicted molar refractivity (Wildman–Crippen MR) is 92.9 cm³/mol. The Kier molecular flexibility index (Phi) is 6.20. The highest BCUT2D eigenvalue weighted by Crippen LogP contribution is 2.28. The van der Waals surface area contributed by atoms with E-state index in [9.17, 15) is 4.79 Å². The van der Waals surface area contributed by atoms with E-state index in [1.807, 2.05) is 27.2 Å². The summed E-state index contributed by atoms with van der Waals surface area (Å²) < 4.78 is 12.5. The molecular formula is C17H24N4O3. The SMILES string of the molecule is CCOc1ccc(C(=O)Nc2cnn(CCN(C)C)c2)cc1OC. The molecule has 1 N–H and O–H groups in total. The summed E-state index contributed by atoms with van der Waals surface area (Å²) in [7, 11) is 5.56. The first-order chi connectivity index (χ1) is 11.5. The highest BCUT2D eigenvalue weighted by Gasteiger charge is 2.12. The van der Waals surface area contributed by atoms with E-state index >= 15 is 0 Å². The van der Waals surface area contributed by atoms with Crippen LogP contribution in [-0.4, -0.2) is 54.9 Å². The van der Waals surface area contributed by atoms with Crippen molar-refractivity contribution in [2.45, 2.75) is 13.5 Å². The molecule has 0 saturated carbocycles. The Morgan fingerprint density at radius 2 is 2.12 bits per heavy atom. The zero-order chi connectivity index (χ0) is 17.5. The van der Waals surface area contributed by atoms with E-state index in [1.165, 1.54) is 0 Å². The van der Waals surface area contributed by atoms with Crippen LogP contribution in [0.3, 0.4) is 0 Å². The van der Waals surface area contributed by atoms with Gasteiger partial charge in [-0.3, -0.25) is 9.48 Å². The van der Waals surface area contributed by atoms with Crippen LogP contribution in [0.4, 0.5) is 5.69 Å².